The standard InChI is InChI=1S/C12H12BrFN2O5/c13-6-1-2-9(7(14)3-6)21-5-11(18)16-8(12(19)20)4-10(15)17/h1-3,8H,4-5H2,(H2,15,17)(H,16,18)(H,19,20). The second kappa shape index (κ2) is 7.58. The number of halogens is 2. The van der Waals surface area contributed by atoms with Gasteiger partial charge in [-0.25, -0.2) is 9.18 Å². The van der Waals surface area contributed by atoms with Crippen LogP contribution in [-0.4, -0.2) is 35.5 Å². The number of rotatable bonds is 7. The molecule has 4 N–H and O–H groups in total. The Morgan fingerprint density at radius 2 is 2.10 bits per heavy atom. The van der Waals surface area contributed by atoms with Gasteiger partial charge in [0, 0.05) is 4.47 Å². The molecule has 1 aromatic carbocycles. The molecule has 0 aliphatic carbocycles. The van der Waals surface area contributed by atoms with Crippen molar-refractivity contribution in [3.63, 3.8) is 0 Å². The monoisotopic (exact) mass is 362 g/mol. The fourth-order valence-electron chi connectivity index (χ4n) is 1.37. The Kier molecular flexibility index (Phi) is 6.10. The van der Waals surface area contributed by atoms with Crippen LogP contribution in [0.15, 0.2) is 22.7 Å². The summed E-state index contributed by atoms with van der Waals surface area (Å²) in [6.45, 7) is -0.596. The predicted molar refractivity (Wildman–Crippen MR) is 73.0 cm³/mol. The predicted octanol–water partition coefficient (Wildman–Crippen LogP) is 0.412. The Hall–Kier alpha value is -2.16. The minimum Gasteiger partial charge on any atom is -0.481 e. The first kappa shape index (κ1) is 16.9. The van der Waals surface area contributed by atoms with Crippen LogP contribution in [0.5, 0.6) is 5.75 Å². The van der Waals surface area contributed by atoms with E-state index in [0.29, 0.717) is 4.47 Å². The van der Waals surface area contributed by atoms with Gasteiger partial charge in [0.15, 0.2) is 18.2 Å². The summed E-state index contributed by atoms with van der Waals surface area (Å²) in [5.41, 5.74) is 4.87. The summed E-state index contributed by atoms with van der Waals surface area (Å²) in [6, 6.07) is 2.53. The zero-order valence-corrected chi connectivity index (χ0v) is 12.2. The summed E-state index contributed by atoms with van der Waals surface area (Å²) in [4.78, 5) is 33.0. The van der Waals surface area contributed by atoms with Crippen LogP contribution in [0.4, 0.5) is 4.39 Å². The Bertz CT molecular complexity index is 567. The van der Waals surface area contributed by atoms with Crippen LogP contribution >= 0.6 is 15.9 Å². The minimum atomic E-state index is -1.45. The van der Waals surface area contributed by atoms with Gasteiger partial charge in [0.25, 0.3) is 5.91 Å². The fourth-order valence-corrected chi connectivity index (χ4v) is 1.71. The molecule has 1 aromatic rings. The van der Waals surface area contributed by atoms with Crippen molar-refractivity contribution in [1.29, 1.82) is 0 Å². The molecule has 0 aromatic heterocycles. The van der Waals surface area contributed by atoms with Gasteiger partial charge < -0.3 is 20.9 Å². The number of ether oxygens (including phenoxy) is 1. The van der Waals surface area contributed by atoms with Crippen LogP contribution in [0.3, 0.4) is 0 Å². The van der Waals surface area contributed by atoms with E-state index in [2.05, 4.69) is 21.2 Å². The van der Waals surface area contributed by atoms with E-state index < -0.39 is 42.7 Å². The highest BCUT2D eigenvalue weighted by atomic mass is 79.9. The van der Waals surface area contributed by atoms with Crippen molar-refractivity contribution >= 4 is 33.7 Å². The van der Waals surface area contributed by atoms with Crippen LogP contribution in [0.25, 0.3) is 0 Å². The molecule has 21 heavy (non-hydrogen) atoms. The molecule has 0 aliphatic heterocycles. The molecule has 2 amide bonds. The van der Waals surface area contributed by atoms with Gasteiger partial charge in [-0.05, 0) is 18.2 Å². The van der Waals surface area contributed by atoms with Gasteiger partial charge in [0.05, 0.1) is 6.42 Å². The Labute approximate surface area is 127 Å². The van der Waals surface area contributed by atoms with Crippen molar-refractivity contribution in [3.8, 4) is 5.75 Å². The number of nitrogens with two attached hydrogens (primary N) is 1. The van der Waals surface area contributed by atoms with E-state index in [4.69, 9.17) is 15.6 Å². The van der Waals surface area contributed by atoms with Gasteiger partial charge in [-0.15, -0.1) is 0 Å². The minimum absolute atomic E-state index is 0.157. The zero-order chi connectivity index (χ0) is 16.0. The number of carboxylic acids is 1. The molecule has 0 saturated carbocycles. The van der Waals surface area contributed by atoms with Gasteiger partial charge in [-0.1, -0.05) is 15.9 Å². The highest BCUT2D eigenvalue weighted by Gasteiger charge is 2.22. The topological polar surface area (TPSA) is 119 Å². The maximum absolute atomic E-state index is 13.4. The quantitative estimate of drug-likeness (QED) is 0.649. The molecule has 0 radical (unpaired) electrons. The van der Waals surface area contributed by atoms with Crippen molar-refractivity contribution in [1.82, 2.24) is 5.32 Å². The van der Waals surface area contributed by atoms with Crippen LogP contribution in [0, 0.1) is 5.82 Å². The third kappa shape index (κ3) is 5.78. The zero-order valence-electron chi connectivity index (χ0n) is 10.6. The van der Waals surface area contributed by atoms with Gasteiger partial charge in [0.2, 0.25) is 5.91 Å². The lowest BCUT2D eigenvalue weighted by molar-refractivity contribution is -0.143. The molecule has 7 nitrogen and oxygen atoms in total. The first-order valence-corrected chi connectivity index (χ1v) is 6.47. The average Bonchev–Trinajstić information content (AvgIpc) is 2.36. The molecule has 0 aliphatic rings. The summed E-state index contributed by atoms with van der Waals surface area (Å²) in [5.74, 6) is -3.93. The number of benzene rings is 1. The number of carbonyl (C=O) groups is 3. The lowest BCUT2D eigenvalue weighted by atomic mass is 10.2. The molecule has 0 heterocycles. The van der Waals surface area contributed by atoms with Crippen molar-refractivity contribution in [3.05, 3.63) is 28.5 Å². The summed E-state index contributed by atoms with van der Waals surface area (Å²) in [5, 5.41) is 10.9. The third-order valence-electron chi connectivity index (χ3n) is 2.29. The number of primary amides is 1. The van der Waals surface area contributed by atoms with Crippen LogP contribution in [0.2, 0.25) is 0 Å². The molecule has 0 saturated heterocycles. The van der Waals surface area contributed by atoms with E-state index in [9.17, 15) is 18.8 Å². The van der Waals surface area contributed by atoms with E-state index in [1.54, 1.807) is 0 Å². The lowest BCUT2D eigenvalue weighted by Gasteiger charge is -2.13. The Morgan fingerprint density at radius 1 is 1.43 bits per heavy atom. The van der Waals surface area contributed by atoms with E-state index in [1.165, 1.54) is 12.1 Å². The number of aliphatic carboxylic acids is 1. The second-order valence-electron chi connectivity index (χ2n) is 3.99. The molecule has 9 heteroatoms. The normalized spacial score (nSPS) is 11.5. The number of carbonyl (C=O) groups excluding carboxylic acids is 2. The maximum atomic E-state index is 13.4. The number of carboxylic acid groups (broad SMARTS) is 1. The van der Waals surface area contributed by atoms with E-state index >= 15 is 0 Å². The molecule has 0 fully saturated rings. The Morgan fingerprint density at radius 3 is 2.62 bits per heavy atom. The highest BCUT2D eigenvalue weighted by molar-refractivity contribution is 9.10. The molecule has 1 atom stereocenters. The lowest BCUT2D eigenvalue weighted by Crippen LogP contribution is -2.45. The van der Waals surface area contributed by atoms with Crippen LogP contribution < -0.4 is 15.8 Å². The molecular weight excluding hydrogens is 351 g/mol. The van der Waals surface area contributed by atoms with E-state index in [-0.39, 0.29) is 5.75 Å². The summed E-state index contributed by atoms with van der Waals surface area (Å²) in [7, 11) is 0. The van der Waals surface area contributed by atoms with E-state index in [0.717, 1.165) is 6.07 Å². The highest BCUT2D eigenvalue weighted by Crippen LogP contribution is 2.21. The summed E-state index contributed by atoms with van der Waals surface area (Å²) < 4.78 is 18.8. The number of hydrogen-bond acceptors (Lipinski definition) is 4. The maximum Gasteiger partial charge on any atom is 0.326 e. The van der Waals surface area contributed by atoms with Crippen molar-refractivity contribution in [2.24, 2.45) is 5.73 Å². The smallest absolute Gasteiger partial charge is 0.326 e. The van der Waals surface area contributed by atoms with Crippen molar-refractivity contribution in [2.45, 2.75) is 12.5 Å². The first-order chi connectivity index (χ1) is 9.79. The van der Waals surface area contributed by atoms with Crippen molar-refractivity contribution in [2.75, 3.05) is 6.61 Å². The number of hydrogen-bond donors (Lipinski definition) is 3. The van der Waals surface area contributed by atoms with Crippen LogP contribution in [-0.2, 0) is 14.4 Å². The second-order valence-corrected chi connectivity index (χ2v) is 4.91. The third-order valence-corrected chi connectivity index (χ3v) is 2.78. The van der Waals surface area contributed by atoms with Gasteiger partial charge in [-0.3, -0.25) is 9.59 Å². The summed E-state index contributed by atoms with van der Waals surface area (Å²) >= 11 is 3.06. The molecular formula is C12H12BrFN2O5. The molecule has 0 spiro atoms. The van der Waals surface area contributed by atoms with Crippen molar-refractivity contribution < 1.29 is 28.6 Å². The number of amides is 2. The van der Waals surface area contributed by atoms with Gasteiger partial charge in [-0.2, -0.15) is 0 Å². The SMILES string of the molecule is NC(=O)CC(NC(=O)COc1ccc(Br)cc1F)C(=O)O. The van der Waals surface area contributed by atoms with Gasteiger partial charge >= 0.3 is 5.97 Å². The average molecular weight is 363 g/mol. The Balaban J connectivity index is 2.56. The van der Waals surface area contributed by atoms with E-state index in [1.807, 2.05) is 0 Å². The molecule has 0 bridgehead atoms. The summed E-state index contributed by atoms with van der Waals surface area (Å²) in [6.07, 6.45) is -0.548. The number of nitrogens with one attached hydrogen (secondary N) is 1. The molecule has 1 rings (SSSR count). The largest absolute Gasteiger partial charge is 0.481 e. The van der Waals surface area contributed by atoms with Gasteiger partial charge in [0.1, 0.15) is 6.04 Å². The fraction of sp³-hybridized carbons (Fsp3) is 0.250. The first-order valence-electron chi connectivity index (χ1n) is 5.68. The molecule has 1 unspecified atom stereocenters. The molecule has 114 valence electrons. The van der Waals surface area contributed by atoms with Crippen LogP contribution in [0.1, 0.15) is 6.42 Å².